The van der Waals surface area contributed by atoms with Crippen LogP contribution >= 0.6 is 22.9 Å². The lowest BCUT2D eigenvalue weighted by molar-refractivity contribution is -0.146. The maximum absolute atomic E-state index is 12.8. The van der Waals surface area contributed by atoms with Gasteiger partial charge in [-0.1, -0.05) is 59.1 Å². The Balaban J connectivity index is 0.000000446. The maximum Gasteiger partial charge on any atom is 0.256 e. The molecular weight excluding hydrogens is 472 g/mol. The Bertz CT molecular complexity index is 805. The summed E-state index contributed by atoms with van der Waals surface area (Å²) >= 11 is 7.24. The Morgan fingerprint density at radius 2 is 1.74 bits per heavy atom. The summed E-state index contributed by atoms with van der Waals surface area (Å²) in [6.45, 7) is 14.0. The molecule has 3 aliphatic heterocycles. The molecule has 0 aromatic carbocycles. The summed E-state index contributed by atoms with van der Waals surface area (Å²) in [4.78, 5) is 42.6. The number of amides is 3. The molecule has 3 saturated heterocycles. The van der Waals surface area contributed by atoms with Gasteiger partial charge in [0.2, 0.25) is 11.8 Å². The Morgan fingerprint density at radius 3 is 2.26 bits per heavy atom. The first kappa shape index (κ1) is 28.6. The van der Waals surface area contributed by atoms with E-state index in [9.17, 15) is 14.4 Å². The second-order valence-corrected chi connectivity index (χ2v) is 11.3. The standard InChI is InChI=1S/C17H21ClN4O3S.2C4H10/c18-13-5-12(10-26-13)17(25)22-9-16(24)21-8-15(23)20(7-14(21)22)6-11-1-3-19-4-2-11;1-4(2)3;1-3-4-2/h5,10-11,14,19H,1-4,6-9H2;4H,1-3H3;3-4H2,1-2H3. The molecular formula is C25H41ClN4O3S. The third kappa shape index (κ3) is 8.24. The number of thiophene rings is 1. The number of unbranched alkanes of at least 4 members (excludes halogenated alkanes) is 1. The van der Waals surface area contributed by atoms with Crippen LogP contribution in [0.1, 0.15) is 70.7 Å². The molecule has 3 fully saturated rings. The van der Waals surface area contributed by atoms with Crippen LogP contribution in [-0.2, 0) is 9.59 Å². The zero-order chi connectivity index (χ0) is 25.3. The number of piperazine rings is 1. The van der Waals surface area contributed by atoms with Crippen molar-refractivity contribution in [3.05, 3.63) is 21.3 Å². The minimum absolute atomic E-state index is 0.0193. The van der Waals surface area contributed by atoms with E-state index in [2.05, 4.69) is 39.9 Å². The van der Waals surface area contributed by atoms with E-state index in [-0.39, 0.29) is 37.0 Å². The zero-order valence-electron chi connectivity index (χ0n) is 21.3. The summed E-state index contributed by atoms with van der Waals surface area (Å²) < 4.78 is 0.544. The molecule has 1 unspecified atom stereocenters. The van der Waals surface area contributed by atoms with Crippen LogP contribution < -0.4 is 5.32 Å². The average molecular weight is 513 g/mol. The van der Waals surface area contributed by atoms with Gasteiger partial charge >= 0.3 is 0 Å². The molecule has 0 aliphatic carbocycles. The quantitative estimate of drug-likeness (QED) is 0.652. The molecule has 1 aromatic heterocycles. The van der Waals surface area contributed by atoms with Gasteiger partial charge in [-0.2, -0.15) is 0 Å². The van der Waals surface area contributed by atoms with Gasteiger partial charge in [0.1, 0.15) is 19.3 Å². The predicted molar refractivity (Wildman–Crippen MR) is 139 cm³/mol. The molecule has 9 heteroatoms. The van der Waals surface area contributed by atoms with Crippen LogP contribution in [0, 0.1) is 11.8 Å². The summed E-state index contributed by atoms with van der Waals surface area (Å²) in [6, 6.07) is 1.63. The van der Waals surface area contributed by atoms with Gasteiger partial charge in [-0.3, -0.25) is 14.4 Å². The Kier molecular flexibility index (Phi) is 11.8. The average Bonchev–Trinajstić information content (AvgIpc) is 3.37. The van der Waals surface area contributed by atoms with Gasteiger partial charge in [-0.15, -0.1) is 11.3 Å². The zero-order valence-corrected chi connectivity index (χ0v) is 22.9. The first-order chi connectivity index (χ1) is 16.2. The summed E-state index contributed by atoms with van der Waals surface area (Å²) in [5.74, 6) is 0.911. The fourth-order valence-electron chi connectivity index (χ4n) is 3.96. The molecule has 0 spiro atoms. The molecule has 192 valence electrons. The first-order valence-electron chi connectivity index (χ1n) is 12.5. The lowest BCUT2D eigenvalue weighted by atomic mass is 9.97. The molecule has 7 nitrogen and oxygen atoms in total. The number of hydrogen-bond donors (Lipinski definition) is 1. The van der Waals surface area contributed by atoms with E-state index in [0.717, 1.165) is 31.8 Å². The third-order valence-electron chi connectivity index (χ3n) is 5.90. The molecule has 0 radical (unpaired) electrons. The Hall–Kier alpha value is -1.64. The van der Waals surface area contributed by atoms with Crippen LogP contribution in [0.25, 0.3) is 0 Å². The summed E-state index contributed by atoms with van der Waals surface area (Å²) in [7, 11) is 0. The highest BCUT2D eigenvalue weighted by Gasteiger charge is 2.46. The number of halogens is 1. The fourth-order valence-corrected chi connectivity index (χ4v) is 4.81. The van der Waals surface area contributed by atoms with E-state index in [1.807, 2.05) is 4.90 Å². The molecule has 3 amide bonds. The number of rotatable bonds is 4. The predicted octanol–water partition coefficient (Wildman–Crippen LogP) is 4.32. The van der Waals surface area contributed by atoms with Crippen LogP contribution in [0.2, 0.25) is 4.34 Å². The van der Waals surface area contributed by atoms with Crippen molar-refractivity contribution >= 4 is 40.7 Å². The first-order valence-corrected chi connectivity index (χ1v) is 13.8. The van der Waals surface area contributed by atoms with E-state index in [0.29, 0.717) is 28.9 Å². The molecule has 1 aromatic rings. The van der Waals surface area contributed by atoms with Crippen molar-refractivity contribution in [2.24, 2.45) is 11.8 Å². The number of fused-ring (bicyclic) bond motifs is 1. The number of carbonyl (C=O) groups is 3. The third-order valence-corrected chi connectivity index (χ3v) is 6.99. The summed E-state index contributed by atoms with van der Waals surface area (Å²) in [5.41, 5.74) is 0.497. The van der Waals surface area contributed by atoms with Gasteiger partial charge < -0.3 is 20.0 Å². The number of piperidine rings is 1. The van der Waals surface area contributed by atoms with E-state index in [1.165, 1.54) is 29.1 Å². The number of nitrogens with zero attached hydrogens (tertiary/aromatic N) is 3. The monoisotopic (exact) mass is 512 g/mol. The van der Waals surface area contributed by atoms with Crippen molar-refractivity contribution in [1.29, 1.82) is 0 Å². The Morgan fingerprint density at radius 1 is 1.12 bits per heavy atom. The topological polar surface area (TPSA) is 73.0 Å². The number of carbonyl (C=O) groups excluding carboxylic acids is 3. The van der Waals surface area contributed by atoms with Gasteiger partial charge in [0.25, 0.3) is 5.91 Å². The molecule has 3 aliphatic rings. The van der Waals surface area contributed by atoms with Gasteiger partial charge in [0.15, 0.2) is 0 Å². The van der Waals surface area contributed by atoms with Crippen LogP contribution in [0.5, 0.6) is 0 Å². The molecule has 0 saturated carbocycles. The minimum atomic E-state index is -0.381. The second kappa shape index (κ2) is 14.0. The summed E-state index contributed by atoms with van der Waals surface area (Å²) in [6.07, 6.45) is 4.35. The lowest BCUT2D eigenvalue weighted by Gasteiger charge is -2.41. The molecule has 34 heavy (non-hydrogen) atoms. The summed E-state index contributed by atoms with van der Waals surface area (Å²) in [5, 5.41) is 5.04. The smallest absolute Gasteiger partial charge is 0.256 e. The van der Waals surface area contributed by atoms with Crippen molar-refractivity contribution in [1.82, 2.24) is 20.0 Å². The van der Waals surface area contributed by atoms with E-state index in [4.69, 9.17) is 11.6 Å². The van der Waals surface area contributed by atoms with Crippen LogP contribution in [0.3, 0.4) is 0 Å². The number of hydrogen-bond acceptors (Lipinski definition) is 5. The van der Waals surface area contributed by atoms with Crippen LogP contribution in [0.15, 0.2) is 11.4 Å². The van der Waals surface area contributed by atoms with Crippen molar-refractivity contribution in [2.45, 2.75) is 66.5 Å². The van der Waals surface area contributed by atoms with Gasteiger partial charge in [0, 0.05) is 11.9 Å². The molecule has 1 N–H and O–H groups in total. The van der Waals surface area contributed by atoms with Gasteiger partial charge in [-0.25, -0.2) is 0 Å². The van der Waals surface area contributed by atoms with E-state index in [1.54, 1.807) is 16.3 Å². The highest BCUT2D eigenvalue weighted by Crippen LogP contribution is 2.27. The highest BCUT2D eigenvalue weighted by molar-refractivity contribution is 7.14. The minimum Gasteiger partial charge on any atom is -0.337 e. The second-order valence-electron chi connectivity index (χ2n) is 9.80. The molecule has 0 bridgehead atoms. The molecule has 4 heterocycles. The maximum atomic E-state index is 12.8. The largest absolute Gasteiger partial charge is 0.337 e. The normalized spacial score (nSPS) is 20.6. The van der Waals surface area contributed by atoms with Crippen LogP contribution in [-0.4, -0.2) is 77.9 Å². The van der Waals surface area contributed by atoms with Crippen molar-refractivity contribution in [3.8, 4) is 0 Å². The van der Waals surface area contributed by atoms with Crippen molar-refractivity contribution < 1.29 is 14.4 Å². The molecule has 4 rings (SSSR count). The van der Waals surface area contributed by atoms with Gasteiger partial charge in [0.05, 0.1) is 16.4 Å². The SMILES string of the molecule is CC(C)C.CCCC.O=C1CN2C(=O)CN(C(=O)c3csc(Cl)c3)C2CN1CC1CCNCC1. The fraction of sp³-hybridized carbons (Fsp3) is 0.720. The van der Waals surface area contributed by atoms with Crippen molar-refractivity contribution in [3.63, 3.8) is 0 Å². The molecule has 1 atom stereocenters. The van der Waals surface area contributed by atoms with Crippen molar-refractivity contribution in [2.75, 3.05) is 39.3 Å². The lowest BCUT2D eigenvalue weighted by Crippen LogP contribution is -2.59. The Labute approximate surface area is 213 Å². The number of nitrogens with one attached hydrogen (secondary N) is 1. The highest BCUT2D eigenvalue weighted by atomic mass is 35.5. The van der Waals surface area contributed by atoms with Crippen LogP contribution in [0.4, 0.5) is 0 Å². The van der Waals surface area contributed by atoms with Gasteiger partial charge in [-0.05, 0) is 43.8 Å². The van der Waals surface area contributed by atoms with E-state index >= 15 is 0 Å². The van der Waals surface area contributed by atoms with E-state index < -0.39 is 0 Å².